The van der Waals surface area contributed by atoms with Gasteiger partial charge in [0.1, 0.15) is 17.0 Å². The Labute approximate surface area is 163 Å². The van der Waals surface area contributed by atoms with Crippen LogP contribution in [0.3, 0.4) is 0 Å². The summed E-state index contributed by atoms with van der Waals surface area (Å²) in [6.07, 6.45) is 1.12. The van der Waals surface area contributed by atoms with Crippen LogP contribution in [-0.4, -0.2) is 11.6 Å². The lowest BCUT2D eigenvalue weighted by molar-refractivity contribution is 0.00692. The Balaban J connectivity index is 2.11. The Morgan fingerprint density at radius 3 is 1.96 bits per heavy atom. The third kappa shape index (κ3) is 5.85. The van der Waals surface area contributed by atoms with Crippen LogP contribution in [0.15, 0.2) is 48.5 Å². The van der Waals surface area contributed by atoms with Crippen molar-refractivity contribution in [3.63, 3.8) is 0 Å². The van der Waals surface area contributed by atoms with Crippen LogP contribution in [0, 0.1) is 0 Å². The fraction of sp³-hybridized carbons (Fsp3) is 0.458. The molecule has 3 heteroatoms. The van der Waals surface area contributed by atoms with E-state index in [4.69, 9.17) is 9.47 Å². The summed E-state index contributed by atoms with van der Waals surface area (Å²) in [5.74, 6) is 1.07. The van der Waals surface area contributed by atoms with Crippen LogP contribution in [0.4, 0.5) is 0 Å². The van der Waals surface area contributed by atoms with Gasteiger partial charge in [0.25, 0.3) is 0 Å². The molecule has 0 aliphatic heterocycles. The molecular formula is C24H32O3. The van der Waals surface area contributed by atoms with Crippen molar-refractivity contribution in [1.29, 1.82) is 0 Å². The average Bonchev–Trinajstić information content (AvgIpc) is 2.60. The minimum absolute atomic E-state index is 0.312. The molecular weight excluding hydrogens is 336 g/mol. The molecule has 27 heavy (non-hydrogen) atoms. The largest absolute Gasteiger partial charge is 0.483 e. The molecule has 1 atom stereocenters. The third-order valence-corrected chi connectivity index (χ3v) is 4.65. The SMILES string of the molecule is CCC(C)c1ccc(OC(C)(C)c2ccc(C(=O)OC(C)(C)C)cc2)cc1. The van der Waals surface area contributed by atoms with E-state index in [2.05, 4.69) is 26.0 Å². The number of benzene rings is 2. The molecule has 0 amide bonds. The topological polar surface area (TPSA) is 35.5 Å². The van der Waals surface area contributed by atoms with Gasteiger partial charge in [0, 0.05) is 0 Å². The van der Waals surface area contributed by atoms with Gasteiger partial charge >= 0.3 is 5.97 Å². The maximum Gasteiger partial charge on any atom is 0.338 e. The van der Waals surface area contributed by atoms with Gasteiger partial charge in [-0.2, -0.15) is 0 Å². The van der Waals surface area contributed by atoms with E-state index in [1.807, 2.05) is 58.9 Å². The number of ether oxygens (including phenoxy) is 2. The summed E-state index contributed by atoms with van der Waals surface area (Å²) >= 11 is 0. The molecule has 146 valence electrons. The fourth-order valence-corrected chi connectivity index (χ4v) is 2.80. The van der Waals surface area contributed by atoms with Crippen LogP contribution in [0.1, 0.15) is 82.3 Å². The van der Waals surface area contributed by atoms with Crippen molar-refractivity contribution in [2.24, 2.45) is 0 Å². The molecule has 0 aliphatic carbocycles. The molecule has 0 saturated heterocycles. The van der Waals surface area contributed by atoms with Crippen molar-refractivity contribution in [3.8, 4) is 5.75 Å². The van der Waals surface area contributed by atoms with E-state index in [0.29, 0.717) is 11.5 Å². The number of carbonyl (C=O) groups is 1. The Kier molecular flexibility index (Phi) is 6.35. The second kappa shape index (κ2) is 8.16. The quantitative estimate of drug-likeness (QED) is 0.548. The first-order chi connectivity index (χ1) is 12.5. The lowest BCUT2D eigenvalue weighted by Gasteiger charge is -2.27. The standard InChI is InChI=1S/C24H32O3/c1-8-17(2)18-11-15-21(16-12-18)26-24(6,7)20-13-9-19(10-14-20)22(25)27-23(3,4)5/h9-17H,8H2,1-7H3. The van der Waals surface area contributed by atoms with E-state index >= 15 is 0 Å². The van der Waals surface area contributed by atoms with Crippen LogP contribution in [0.2, 0.25) is 0 Å². The van der Waals surface area contributed by atoms with Crippen LogP contribution in [0.5, 0.6) is 5.75 Å². The maximum absolute atomic E-state index is 12.2. The van der Waals surface area contributed by atoms with Gasteiger partial charge in [-0.05, 0) is 82.3 Å². The zero-order valence-corrected chi connectivity index (χ0v) is 17.6. The van der Waals surface area contributed by atoms with E-state index in [9.17, 15) is 4.79 Å². The molecule has 0 fully saturated rings. The molecule has 3 nitrogen and oxygen atoms in total. The van der Waals surface area contributed by atoms with Crippen LogP contribution in [-0.2, 0) is 10.3 Å². The number of rotatable bonds is 6. The Morgan fingerprint density at radius 1 is 0.926 bits per heavy atom. The van der Waals surface area contributed by atoms with Gasteiger partial charge in [-0.3, -0.25) is 0 Å². The van der Waals surface area contributed by atoms with Crippen molar-refractivity contribution >= 4 is 5.97 Å². The van der Waals surface area contributed by atoms with Gasteiger partial charge in [-0.1, -0.05) is 38.1 Å². The zero-order chi connectivity index (χ0) is 20.2. The van der Waals surface area contributed by atoms with Crippen LogP contribution >= 0.6 is 0 Å². The molecule has 0 N–H and O–H groups in total. The molecule has 0 aromatic heterocycles. The average molecular weight is 369 g/mol. The number of esters is 1. The second-order valence-corrected chi connectivity index (χ2v) is 8.57. The normalized spacial score (nSPS) is 13.1. The lowest BCUT2D eigenvalue weighted by atomic mass is 9.96. The van der Waals surface area contributed by atoms with E-state index in [1.54, 1.807) is 12.1 Å². The molecule has 0 heterocycles. The van der Waals surface area contributed by atoms with E-state index in [0.717, 1.165) is 17.7 Å². The first-order valence-electron chi connectivity index (χ1n) is 9.64. The summed E-state index contributed by atoms with van der Waals surface area (Å²) in [7, 11) is 0. The van der Waals surface area contributed by atoms with Crippen LogP contribution < -0.4 is 4.74 Å². The van der Waals surface area contributed by atoms with Gasteiger partial charge in [0.2, 0.25) is 0 Å². The fourth-order valence-electron chi connectivity index (χ4n) is 2.80. The van der Waals surface area contributed by atoms with Gasteiger partial charge in [-0.15, -0.1) is 0 Å². The summed E-state index contributed by atoms with van der Waals surface area (Å²) in [4.78, 5) is 12.2. The summed E-state index contributed by atoms with van der Waals surface area (Å²) in [5.41, 5.74) is 1.86. The first-order valence-corrected chi connectivity index (χ1v) is 9.64. The predicted octanol–water partition coefficient (Wildman–Crippen LogP) is 6.47. The van der Waals surface area contributed by atoms with Gasteiger partial charge in [0.05, 0.1) is 5.56 Å². The Hall–Kier alpha value is -2.29. The number of carbonyl (C=O) groups excluding carboxylic acids is 1. The molecule has 0 radical (unpaired) electrons. The van der Waals surface area contributed by atoms with E-state index < -0.39 is 11.2 Å². The number of hydrogen-bond donors (Lipinski definition) is 0. The van der Waals surface area contributed by atoms with Crippen molar-refractivity contribution < 1.29 is 14.3 Å². The molecule has 0 aliphatic rings. The van der Waals surface area contributed by atoms with Gasteiger partial charge in [-0.25, -0.2) is 4.79 Å². The van der Waals surface area contributed by atoms with Gasteiger partial charge in [0.15, 0.2) is 0 Å². The smallest absolute Gasteiger partial charge is 0.338 e. The molecule has 1 unspecified atom stereocenters. The molecule has 0 bridgehead atoms. The van der Waals surface area contributed by atoms with Crippen molar-refractivity contribution in [1.82, 2.24) is 0 Å². The molecule has 2 aromatic carbocycles. The molecule has 2 rings (SSSR count). The molecule has 0 spiro atoms. The first kappa shape index (κ1) is 21.0. The third-order valence-electron chi connectivity index (χ3n) is 4.65. The van der Waals surface area contributed by atoms with E-state index in [-0.39, 0.29) is 5.97 Å². The second-order valence-electron chi connectivity index (χ2n) is 8.57. The lowest BCUT2D eigenvalue weighted by Crippen LogP contribution is -2.26. The maximum atomic E-state index is 12.2. The highest BCUT2D eigenvalue weighted by Gasteiger charge is 2.24. The van der Waals surface area contributed by atoms with Crippen molar-refractivity contribution in [2.75, 3.05) is 0 Å². The highest BCUT2D eigenvalue weighted by Crippen LogP contribution is 2.29. The van der Waals surface area contributed by atoms with Crippen molar-refractivity contribution in [2.45, 2.75) is 72.0 Å². The predicted molar refractivity (Wildman–Crippen MR) is 110 cm³/mol. The van der Waals surface area contributed by atoms with Gasteiger partial charge < -0.3 is 9.47 Å². The highest BCUT2D eigenvalue weighted by atomic mass is 16.6. The van der Waals surface area contributed by atoms with E-state index in [1.165, 1.54) is 5.56 Å². The minimum atomic E-state index is -0.510. The van der Waals surface area contributed by atoms with Crippen molar-refractivity contribution in [3.05, 3.63) is 65.2 Å². The summed E-state index contributed by atoms with van der Waals surface area (Å²) in [5, 5.41) is 0. The minimum Gasteiger partial charge on any atom is -0.483 e. The highest BCUT2D eigenvalue weighted by molar-refractivity contribution is 5.89. The summed E-state index contributed by atoms with van der Waals surface area (Å²) in [6.45, 7) is 14.1. The molecule has 0 saturated carbocycles. The zero-order valence-electron chi connectivity index (χ0n) is 17.6. The Bertz CT molecular complexity index is 750. The Morgan fingerprint density at radius 2 is 1.48 bits per heavy atom. The number of hydrogen-bond acceptors (Lipinski definition) is 3. The summed E-state index contributed by atoms with van der Waals surface area (Å²) < 4.78 is 11.6. The van der Waals surface area contributed by atoms with Crippen LogP contribution in [0.25, 0.3) is 0 Å². The monoisotopic (exact) mass is 368 g/mol. The molecule has 2 aromatic rings. The summed E-state index contributed by atoms with van der Waals surface area (Å²) in [6, 6.07) is 15.7.